The highest BCUT2D eigenvalue weighted by Gasteiger charge is 2.16. The Morgan fingerprint density at radius 3 is 2.62 bits per heavy atom. The Morgan fingerprint density at radius 2 is 2.06 bits per heavy atom. The topological polar surface area (TPSA) is 74.9 Å². The maximum atomic E-state index is 12.9. The highest BCUT2D eigenvalue weighted by atomic mass is 19.2. The first-order valence-corrected chi connectivity index (χ1v) is 4.51. The highest BCUT2D eigenvalue weighted by molar-refractivity contribution is 5.43. The van der Waals surface area contributed by atoms with E-state index in [0.29, 0.717) is 5.56 Å². The second kappa shape index (κ2) is 3.90. The number of nitrogens with two attached hydrogens (primary N) is 1. The number of nitrogen functional groups attached to an aromatic ring is 1. The minimum Gasteiger partial charge on any atom is -0.384 e. The lowest BCUT2D eigenvalue weighted by Gasteiger charge is -2.09. The SMILES string of the molecule is Nc1[nH]ncc1C(O)c1ccc(F)c(F)c1. The molecule has 0 spiro atoms. The summed E-state index contributed by atoms with van der Waals surface area (Å²) in [5, 5.41) is 15.9. The molecule has 84 valence electrons. The van der Waals surface area contributed by atoms with Crippen LogP contribution in [0.3, 0.4) is 0 Å². The number of rotatable bonds is 2. The first-order chi connectivity index (χ1) is 7.59. The van der Waals surface area contributed by atoms with Crippen molar-refractivity contribution in [3.8, 4) is 0 Å². The fourth-order valence-electron chi connectivity index (χ4n) is 1.39. The number of aliphatic hydroxyl groups is 1. The van der Waals surface area contributed by atoms with Gasteiger partial charge in [0.2, 0.25) is 0 Å². The number of nitrogens with zero attached hydrogens (tertiary/aromatic N) is 1. The van der Waals surface area contributed by atoms with E-state index < -0.39 is 17.7 Å². The van der Waals surface area contributed by atoms with Gasteiger partial charge in [-0.25, -0.2) is 8.78 Å². The van der Waals surface area contributed by atoms with E-state index in [9.17, 15) is 13.9 Å². The van der Waals surface area contributed by atoms with Crippen molar-refractivity contribution in [3.63, 3.8) is 0 Å². The molecule has 0 amide bonds. The summed E-state index contributed by atoms with van der Waals surface area (Å²) in [5.41, 5.74) is 6.04. The zero-order valence-electron chi connectivity index (χ0n) is 8.11. The smallest absolute Gasteiger partial charge is 0.159 e. The van der Waals surface area contributed by atoms with E-state index in [1.54, 1.807) is 0 Å². The van der Waals surface area contributed by atoms with Crippen LogP contribution in [0.25, 0.3) is 0 Å². The molecule has 2 aromatic rings. The number of nitrogens with one attached hydrogen (secondary N) is 1. The first kappa shape index (κ1) is 10.6. The van der Waals surface area contributed by atoms with Gasteiger partial charge in [-0.05, 0) is 17.7 Å². The quantitative estimate of drug-likeness (QED) is 0.722. The Kier molecular flexibility index (Phi) is 2.57. The van der Waals surface area contributed by atoms with Crippen LogP contribution >= 0.6 is 0 Å². The van der Waals surface area contributed by atoms with Crippen LogP contribution in [0.15, 0.2) is 24.4 Å². The Bertz CT molecular complexity index is 513. The molecule has 1 aromatic heterocycles. The predicted octanol–water partition coefficient (Wildman–Crippen LogP) is 1.35. The van der Waals surface area contributed by atoms with Crippen LogP contribution in [0.2, 0.25) is 0 Å². The highest BCUT2D eigenvalue weighted by Crippen LogP contribution is 2.25. The molecule has 4 nitrogen and oxygen atoms in total. The summed E-state index contributed by atoms with van der Waals surface area (Å²) in [5.74, 6) is -1.79. The molecule has 0 bridgehead atoms. The normalized spacial score (nSPS) is 12.7. The molecular formula is C10H9F2N3O. The van der Waals surface area contributed by atoms with Crippen molar-refractivity contribution in [2.45, 2.75) is 6.10 Å². The molecule has 0 radical (unpaired) electrons. The van der Waals surface area contributed by atoms with Crippen molar-refractivity contribution < 1.29 is 13.9 Å². The van der Waals surface area contributed by atoms with Gasteiger partial charge in [-0.3, -0.25) is 5.10 Å². The summed E-state index contributed by atoms with van der Waals surface area (Å²) in [6, 6.07) is 3.16. The first-order valence-electron chi connectivity index (χ1n) is 4.51. The van der Waals surface area contributed by atoms with Gasteiger partial charge in [-0.1, -0.05) is 6.07 Å². The number of benzene rings is 1. The van der Waals surface area contributed by atoms with Crippen molar-refractivity contribution in [1.29, 1.82) is 0 Å². The number of halogens is 2. The zero-order valence-corrected chi connectivity index (χ0v) is 8.11. The van der Waals surface area contributed by atoms with E-state index in [2.05, 4.69) is 10.2 Å². The van der Waals surface area contributed by atoms with Gasteiger partial charge < -0.3 is 10.8 Å². The maximum absolute atomic E-state index is 12.9. The Hall–Kier alpha value is -1.95. The van der Waals surface area contributed by atoms with Gasteiger partial charge in [0, 0.05) is 5.56 Å². The molecule has 1 aromatic carbocycles. The van der Waals surface area contributed by atoms with Crippen molar-refractivity contribution in [2.75, 3.05) is 5.73 Å². The summed E-state index contributed by atoms with van der Waals surface area (Å²) in [6.07, 6.45) is 0.204. The van der Waals surface area contributed by atoms with Gasteiger partial charge in [0.15, 0.2) is 11.6 Å². The van der Waals surface area contributed by atoms with Gasteiger partial charge in [-0.2, -0.15) is 5.10 Å². The average Bonchev–Trinajstić information content (AvgIpc) is 2.67. The fourth-order valence-corrected chi connectivity index (χ4v) is 1.39. The van der Waals surface area contributed by atoms with Crippen LogP contribution in [0, 0.1) is 11.6 Å². The molecule has 0 fully saturated rings. The van der Waals surface area contributed by atoms with Crippen LogP contribution in [-0.4, -0.2) is 15.3 Å². The van der Waals surface area contributed by atoms with E-state index in [1.807, 2.05) is 0 Å². The number of anilines is 1. The van der Waals surface area contributed by atoms with E-state index in [1.165, 1.54) is 12.3 Å². The molecule has 16 heavy (non-hydrogen) atoms. The lowest BCUT2D eigenvalue weighted by Crippen LogP contribution is -2.03. The lowest BCUT2D eigenvalue weighted by atomic mass is 10.0. The monoisotopic (exact) mass is 225 g/mol. The molecule has 0 aliphatic heterocycles. The lowest BCUT2D eigenvalue weighted by molar-refractivity contribution is 0.220. The molecule has 6 heteroatoms. The summed E-state index contributed by atoms with van der Waals surface area (Å²) >= 11 is 0. The Labute approximate surface area is 89.7 Å². The van der Waals surface area contributed by atoms with Crippen LogP contribution < -0.4 is 5.73 Å². The van der Waals surface area contributed by atoms with Gasteiger partial charge in [0.05, 0.1) is 6.20 Å². The van der Waals surface area contributed by atoms with Crippen LogP contribution in [0.4, 0.5) is 14.6 Å². The summed E-state index contributed by atoms with van der Waals surface area (Å²) in [7, 11) is 0. The molecule has 2 rings (SSSR count). The van der Waals surface area contributed by atoms with E-state index in [0.717, 1.165) is 12.1 Å². The number of aromatic amines is 1. The second-order valence-electron chi connectivity index (χ2n) is 3.32. The molecule has 1 heterocycles. The predicted molar refractivity (Wildman–Crippen MR) is 53.4 cm³/mol. The molecule has 0 saturated heterocycles. The van der Waals surface area contributed by atoms with Gasteiger partial charge >= 0.3 is 0 Å². The molecular weight excluding hydrogens is 216 g/mol. The zero-order chi connectivity index (χ0) is 11.7. The number of H-pyrrole nitrogens is 1. The second-order valence-corrected chi connectivity index (χ2v) is 3.32. The minimum atomic E-state index is -1.13. The number of aromatic nitrogens is 2. The standard InChI is InChI=1S/C10H9F2N3O/c11-7-2-1-5(3-8(7)12)9(16)6-4-14-15-10(6)13/h1-4,9,16H,(H3,13,14,15). The summed E-state index contributed by atoms with van der Waals surface area (Å²) < 4.78 is 25.6. The van der Waals surface area contributed by atoms with Crippen LogP contribution in [-0.2, 0) is 0 Å². The van der Waals surface area contributed by atoms with Crippen LogP contribution in [0.5, 0.6) is 0 Å². The van der Waals surface area contributed by atoms with Crippen molar-refractivity contribution in [2.24, 2.45) is 0 Å². The maximum Gasteiger partial charge on any atom is 0.159 e. The molecule has 0 aliphatic rings. The minimum absolute atomic E-state index is 0.192. The van der Waals surface area contributed by atoms with Crippen molar-refractivity contribution >= 4 is 5.82 Å². The molecule has 1 atom stereocenters. The summed E-state index contributed by atoms with van der Waals surface area (Å²) in [4.78, 5) is 0. The number of hydrogen-bond donors (Lipinski definition) is 3. The number of aliphatic hydroxyl groups excluding tert-OH is 1. The van der Waals surface area contributed by atoms with Gasteiger partial charge in [0.1, 0.15) is 11.9 Å². The molecule has 0 aliphatic carbocycles. The van der Waals surface area contributed by atoms with Gasteiger partial charge in [-0.15, -0.1) is 0 Å². The van der Waals surface area contributed by atoms with Crippen molar-refractivity contribution in [3.05, 3.63) is 47.2 Å². The van der Waals surface area contributed by atoms with E-state index in [4.69, 9.17) is 5.73 Å². The summed E-state index contributed by atoms with van der Waals surface area (Å²) in [6.45, 7) is 0. The number of hydrogen-bond acceptors (Lipinski definition) is 3. The molecule has 0 saturated carbocycles. The molecule has 1 unspecified atom stereocenters. The fraction of sp³-hybridized carbons (Fsp3) is 0.100. The Balaban J connectivity index is 2.38. The van der Waals surface area contributed by atoms with Gasteiger partial charge in [0.25, 0.3) is 0 Å². The average molecular weight is 225 g/mol. The van der Waals surface area contributed by atoms with E-state index in [-0.39, 0.29) is 11.4 Å². The third-order valence-electron chi connectivity index (χ3n) is 2.25. The van der Waals surface area contributed by atoms with Crippen molar-refractivity contribution in [1.82, 2.24) is 10.2 Å². The van der Waals surface area contributed by atoms with E-state index >= 15 is 0 Å². The third-order valence-corrected chi connectivity index (χ3v) is 2.25. The Morgan fingerprint density at radius 1 is 1.31 bits per heavy atom. The molecule has 4 N–H and O–H groups in total. The third kappa shape index (κ3) is 1.74. The van der Waals surface area contributed by atoms with Crippen LogP contribution in [0.1, 0.15) is 17.2 Å². The largest absolute Gasteiger partial charge is 0.384 e.